The number of hydrogen-bond acceptors (Lipinski definition) is 4. The largest absolute Gasteiger partial charge is 0.345 e. The Morgan fingerprint density at radius 1 is 1.12 bits per heavy atom. The number of rotatable bonds is 3. The molecular weight excluding hydrogens is 207 g/mol. The Labute approximate surface area is 92.4 Å². The van der Waals surface area contributed by atoms with Crippen molar-refractivity contribution in [1.82, 2.24) is 0 Å². The summed E-state index contributed by atoms with van der Waals surface area (Å²) in [6.45, 7) is -0.00218. The second-order valence-corrected chi connectivity index (χ2v) is 2.95. The zero-order valence-corrected chi connectivity index (χ0v) is 8.31. The summed E-state index contributed by atoms with van der Waals surface area (Å²) in [4.78, 5) is 1.42. The van der Waals surface area contributed by atoms with E-state index in [1.807, 2.05) is 12.1 Å². The SMILES string of the molecule is N#CCN(CC#N)c1ccc(C#N)c(F)c1. The van der Waals surface area contributed by atoms with Crippen LogP contribution in [0.3, 0.4) is 0 Å². The molecule has 0 saturated heterocycles. The van der Waals surface area contributed by atoms with Crippen LogP contribution in [0, 0.1) is 39.8 Å². The van der Waals surface area contributed by atoms with Crippen molar-refractivity contribution >= 4 is 5.69 Å². The highest BCUT2D eigenvalue weighted by Gasteiger charge is 2.08. The normalized spacial score (nSPS) is 8.62. The summed E-state index contributed by atoms with van der Waals surface area (Å²) in [7, 11) is 0. The lowest BCUT2D eigenvalue weighted by molar-refractivity contribution is 0.623. The summed E-state index contributed by atoms with van der Waals surface area (Å²) in [5, 5.41) is 25.6. The van der Waals surface area contributed by atoms with Crippen molar-refractivity contribution in [3.8, 4) is 18.2 Å². The standard InChI is InChI=1S/C11H7FN4/c12-11-7-10(2-1-9(11)8-15)16(5-3-13)6-4-14/h1-2,7H,5-6H2. The third-order valence-corrected chi connectivity index (χ3v) is 1.96. The molecule has 0 atom stereocenters. The molecule has 5 heteroatoms. The summed E-state index contributed by atoms with van der Waals surface area (Å²) in [5.74, 6) is -0.652. The van der Waals surface area contributed by atoms with Crippen LogP contribution in [0.15, 0.2) is 18.2 Å². The van der Waals surface area contributed by atoms with Crippen molar-refractivity contribution in [1.29, 1.82) is 15.8 Å². The summed E-state index contributed by atoms with van der Waals surface area (Å²) in [6.07, 6.45) is 0. The monoisotopic (exact) mass is 214 g/mol. The smallest absolute Gasteiger partial charge is 0.143 e. The van der Waals surface area contributed by atoms with Gasteiger partial charge >= 0.3 is 0 Å². The van der Waals surface area contributed by atoms with Crippen LogP contribution in [-0.4, -0.2) is 13.1 Å². The number of anilines is 1. The molecule has 0 bridgehead atoms. The van der Waals surface area contributed by atoms with E-state index >= 15 is 0 Å². The van der Waals surface area contributed by atoms with Gasteiger partial charge in [-0.2, -0.15) is 15.8 Å². The maximum atomic E-state index is 13.3. The van der Waals surface area contributed by atoms with E-state index < -0.39 is 5.82 Å². The molecule has 0 spiro atoms. The van der Waals surface area contributed by atoms with Gasteiger partial charge in [-0.05, 0) is 18.2 Å². The maximum absolute atomic E-state index is 13.3. The van der Waals surface area contributed by atoms with Crippen molar-refractivity contribution < 1.29 is 4.39 Å². The van der Waals surface area contributed by atoms with Crippen LogP contribution in [0.2, 0.25) is 0 Å². The molecule has 0 heterocycles. The first kappa shape index (κ1) is 11.5. The summed E-state index contributed by atoms with van der Waals surface area (Å²) >= 11 is 0. The topological polar surface area (TPSA) is 74.6 Å². The average Bonchev–Trinajstić information content (AvgIpc) is 2.28. The van der Waals surface area contributed by atoms with E-state index in [-0.39, 0.29) is 18.7 Å². The lowest BCUT2D eigenvalue weighted by atomic mass is 10.2. The molecule has 0 aliphatic rings. The Morgan fingerprint density at radius 2 is 1.75 bits per heavy atom. The van der Waals surface area contributed by atoms with E-state index in [2.05, 4.69) is 0 Å². The number of hydrogen-bond donors (Lipinski definition) is 0. The Balaban J connectivity index is 3.04. The van der Waals surface area contributed by atoms with E-state index in [0.29, 0.717) is 5.69 Å². The molecule has 4 nitrogen and oxygen atoms in total. The molecule has 0 unspecified atom stereocenters. The van der Waals surface area contributed by atoms with Gasteiger partial charge in [0.25, 0.3) is 0 Å². The van der Waals surface area contributed by atoms with Gasteiger partial charge in [0.1, 0.15) is 25.0 Å². The highest BCUT2D eigenvalue weighted by Crippen LogP contribution is 2.17. The van der Waals surface area contributed by atoms with Crippen LogP contribution >= 0.6 is 0 Å². The van der Waals surface area contributed by atoms with Crippen LogP contribution in [-0.2, 0) is 0 Å². The van der Waals surface area contributed by atoms with Gasteiger partial charge in [-0.3, -0.25) is 0 Å². The fourth-order valence-corrected chi connectivity index (χ4v) is 1.20. The summed E-state index contributed by atoms with van der Waals surface area (Å²) < 4.78 is 13.3. The molecule has 0 aliphatic heterocycles. The molecule has 0 amide bonds. The Bertz CT molecular complexity index is 488. The Hall–Kier alpha value is -2.58. The van der Waals surface area contributed by atoms with Crippen LogP contribution < -0.4 is 4.90 Å². The minimum Gasteiger partial charge on any atom is -0.345 e. The Kier molecular flexibility index (Phi) is 3.83. The molecule has 0 N–H and O–H groups in total. The van der Waals surface area contributed by atoms with E-state index in [9.17, 15) is 4.39 Å². The highest BCUT2D eigenvalue weighted by atomic mass is 19.1. The molecule has 78 valence electrons. The number of nitriles is 3. The molecule has 0 saturated carbocycles. The van der Waals surface area contributed by atoms with Gasteiger partial charge in [-0.1, -0.05) is 0 Å². The van der Waals surface area contributed by atoms with Crippen LogP contribution in [0.5, 0.6) is 0 Å². The van der Waals surface area contributed by atoms with Gasteiger partial charge in [-0.25, -0.2) is 4.39 Å². The summed E-state index contributed by atoms with van der Waals surface area (Å²) in [6, 6.07) is 9.46. The molecular formula is C11H7FN4. The quantitative estimate of drug-likeness (QED) is 0.715. The Morgan fingerprint density at radius 3 is 2.19 bits per heavy atom. The van der Waals surface area contributed by atoms with Gasteiger partial charge in [0.15, 0.2) is 0 Å². The minimum absolute atomic E-state index is 0.00109. The van der Waals surface area contributed by atoms with Gasteiger partial charge in [0, 0.05) is 5.69 Å². The molecule has 16 heavy (non-hydrogen) atoms. The van der Waals surface area contributed by atoms with Crippen molar-refractivity contribution in [3.05, 3.63) is 29.6 Å². The molecule has 0 aromatic heterocycles. The number of nitrogens with zero attached hydrogens (tertiary/aromatic N) is 4. The lowest BCUT2D eigenvalue weighted by Crippen LogP contribution is -2.23. The van der Waals surface area contributed by atoms with Gasteiger partial charge in [0.05, 0.1) is 17.7 Å². The molecule has 0 radical (unpaired) electrons. The van der Waals surface area contributed by atoms with Gasteiger partial charge in [-0.15, -0.1) is 0 Å². The first-order valence-electron chi connectivity index (χ1n) is 4.41. The first-order valence-corrected chi connectivity index (χ1v) is 4.41. The molecule has 0 aliphatic carbocycles. The molecule has 1 aromatic rings. The van der Waals surface area contributed by atoms with Gasteiger partial charge in [0.2, 0.25) is 0 Å². The zero-order chi connectivity index (χ0) is 12.0. The van der Waals surface area contributed by atoms with Crippen molar-refractivity contribution in [3.63, 3.8) is 0 Å². The summed E-state index contributed by atoms with van der Waals surface area (Å²) in [5.41, 5.74) is 0.359. The zero-order valence-electron chi connectivity index (χ0n) is 8.31. The number of halogens is 1. The maximum Gasteiger partial charge on any atom is 0.143 e. The predicted molar refractivity (Wildman–Crippen MR) is 54.6 cm³/mol. The lowest BCUT2D eigenvalue weighted by Gasteiger charge is -2.17. The highest BCUT2D eigenvalue weighted by molar-refractivity contribution is 5.51. The van der Waals surface area contributed by atoms with Crippen molar-refractivity contribution in [2.24, 2.45) is 0 Å². The van der Waals surface area contributed by atoms with E-state index in [1.165, 1.54) is 17.0 Å². The average molecular weight is 214 g/mol. The molecule has 1 aromatic carbocycles. The second kappa shape index (κ2) is 5.34. The molecule has 1 rings (SSSR count). The predicted octanol–water partition coefficient (Wildman–Crippen LogP) is 1.55. The van der Waals surface area contributed by atoms with Crippen molar-refractivity contribution in [2.75, 3.05) is 18.0 Å². The van der Waals surface area contributed by atoms with Crippen LogP contribution in [0.25, 0.3) is 0 Å². The number of benzene rings is 1. The van der Waals surface area contributed by atoms with Crippen LogP contribution in [0.1, 0.15) is 5.56 Å². The van der Waals surface area contributed by atoms with Crippen molar-refractivity contribution in [2.45, 2.75) is 0 Å². The second-order valence-electron chi connectivity index (χ2n) is 2.95. The van der Waals surface area contributed by atoms with Crippen LogP contribution in [0.4, 0.5) is 10.1 Å². The van der Waals surface area contributed by atoms with E-state index in [4.69, 9.17) is 15.8 Å². The molecule has 0 fully saturated rings. The fraction of sp³-hybridized carbons (Fsp3) is 0.182. The third-order valence-electron chi connectivity index (χ3n) is 1.96. The van der Waals surface area contributed by atoms with E-state index in [1.54, 1.807) is 6.07 Å². The first-order chi connectivity index (χ1) is 7.72. The van der Waals surface area contributed by atoms with Gasteiger partial charge < -0.3 is 4.90 Å². The fourth-order valence-electron chi connectivity index (χ4n) is 1.20. The minimum atomic E-state index is -0.652. The third kappa shape index (κ3) is 2.47. The van der Waals surface area contributed by atoms with E-state index in [0.717, 1.165) is 6.07 Å².